The van der Waals surface area contributed by atoms with Crippen LogP contribution >= 0.6 is 0 Å². The van der Waals surface area contributed by atoms with Crippen LogP contribution in [0.3, 0.4) is 0 Å². The average molecular weight is 350 g/mol. The Morgan fingerprint density at radius 2 is 1.77 bits per heavy atom. The molecule has 1 saturated heterocycles. The van der Waals surface area contributed by atoms with Gasteiger partial charge >= 0.3 is 0 Å². The molecule has 2 aromatic carbocycles. The Balaban J connectivity index is 1.64. The lowest BCUT2D eigenvalue weighted by Crippen LogP contribution is -2.35. The topological polar surface area (TPSA) is 40.6 Å². The fraction of sp³-hybridized carbons (Fsp3) is 0.364. The highest BCUT2D eigenvalue weighted by atomic mass is 16.2. The van der Waals surface area contributed by atoms with E-state index in [1.807, 2.05) is 59.2 Å². The van der Waals surface area contributed by atoms with E-state index in [0.29, 0.717) is 25.1 Å². The summed E-state index contributed by atoms with van der Waals surface area (Å²) in [6, 6.07) is 17.7. The van der Waals surface area contributed by atoms with Crippen LogP contribution < -0.4 is 4.90 Å². The van der Waals surface area contributed by atoms with E-state index in [0.717, 1.165) is 31.5 Å². The van der Waals surface area contributed by atoms with Crippen LogP contribution in [0.5, 0.6) is 0 Å². The average Bonchev–Trinajstić information content (AvgIpc) is 2.69. The summed E-state index contributed by atoms with van der Waals surface area (Å²) in [5.74, 6) is 0.216. The molecule has 136 valence electrons. The molecule has 4 nitrogen and oxygen atoms in total. The van der Waals surface area contributed by atoms with Crippen LogP contribution in [0.25, 0.3) is 0 Å². The largest absolute Gasteiger partial charge is 0.339 e. The predicted molar refractivity (Wildman–Crippen MR) is 104 cm³/mol. The molecule has 0 N–H and O–H groups in total. The summed E-state index contributed by atoms with van der Waals surface area (Å²) in [5, 5.41) is 0. The number of anilines is 1. The lowest BCUT2D eigenvalue weighted by molar-refractivity contribution is -0.119. The van der Waals surface area contributed by atoms with Gasteiger partial charge in [0.25, 0.3) is 5.91 Å². The Labute approximate surface area is 155 Å². The molecular weight excluding hydrogens is 324 g/mol. The molecule has 2 aromatic rings. The number of likely N-dealkylation sites (N-methyl/N-ethyl adjacent to an activating group) is 1. The Bertz CT molecular complexity index is 740. The van der Waals surface area contributed by atoms with E-state index in [1.54, 1.807) is 0 Å². The maximum Gasteiger partial charge on any atom is 0.253 e. The zero-order chi connectivity index (χ0) is 18.4. The van der Waals surface area contributed by atoms with E-state index in [9.17, 15) is 9.59 Å². The number of carbonyl (C=O) groups excluding carboxylic acids is 2. The van der Waals surface area contributed by atoms with Gasteiger partial charge in [-0.05, 0) is 56.0 Å². The standard InChI is InChI=1S/C22H26N2O2/c1-2-23(17-15-18-8-4-3-5-9-18)22(26)19-11-13-20(14-12-19)24-16-7-6-10-21(24)25/h3-5,8-9,11-14H,2,6-7,10,15-17H2,1H3. The number of nitrogens with zero attached hydrogens (tertiary/aromatic N) is 2. The molecule has 0 unspecified atom stereocenters. The first-order chi connectivity index (χ1) is 12.7. The second-order valence-electron chi connectivity index (χ2n) is 6.67. The zero-order valence-electron chi connectivity index (χ0n) is 15.4. The lowest BCUT2D eigenvalue weighted by atomic mass is 10.1. The van der Waals surface area contributed by atoms with Crippen molar-refractivity contribution in [3.05, 3.63) is 65.7 Å². The van der Waals surface area contributed by atoms with E-state index in [4.69, 9.17) is 0 Å². The summed E-state index contributed by atoms with van der Waals surface area (Å²) in [6.07, 6.45) is 3.47. The van der Waals surface area contributed by atoms with Gasteiger partial charge in [-0.25, -0.2) is 0 Å². The summed E-state index contributed by atoms with van der Waals surface area (Å²) < 4.78 is 0. The molecule has 1 aliphatic rings. The summed E-state index contributed by atoms with van der Waals surface area (Å²) in [5.41, 5.74) is 2.80. The van der Waals surface area contributed by atoms with E-state index < -0.39 is 0 Å². The van der Waals surface area contributed by atoms with Gasteiger partial charge in [0.05, 0.1) is 0 Å². The Morgan fingerprint density at radius 1 is 1.04 bits per heavy atom. The molecule has 0 radical (unpaired) electrons. The molecule has 3 rings (SSSR count). The Hall–Kier alpha value is -2.62. The summed E-state index contributed by atoms with van der Waals surface area (Å²) in [6.45, 7) is 4.15. The van der Waals surface area contributed by atoms with Crippen LogP contribution in [0.4, 0.5) is 5.69 Å². The Kier molecular flexibility index (Phi) is 6.05. The predicted octanol–water partition coefficient (Wildman–Crippen LogP) is 3.91. The van der Waals surface area contributed by atoms with Crippen molar-refractivity contribution in [2.24, 2.45) is 0 Å². The van der Waals surface area contributed by atoms with Gasteiger partial charge in [-0.15, -0.1) is 0 Å². The molecule has 2 amide bonds. The minimum atomic E-state index is 0.0416. The number of hydrogen-bond donors (Lipinski definition) is 0. The van der Waals surface area contributed by atoms with Crippen molar-refractivity contribution >= 4 is 17.5 Å². The molecule has 0 atom stereocenters. The molecule has 0 aromatic heterocycles. The SMILES string of the molecule is CCN(CCc1ccccc1)C(=O)c1ccc(N2CCCCC2=O)cc1. The van der Waals surface area contributed by atoms with Crippen LogP contribution in [-0.2, 0) is 11.2 Å². The zero-order valence-corrected chi connectivity index (χ0v) is 15.4. The molecule has 1 aliphatic heterocycles. The highest BCUT2D eigenvalue weighted by molar-refractivity contribution is 5.97. The summed E-state index contributed by atoms with van der Waals surface area (Å²) in [4.78, 5) is 28.5. The van der Waals surface area contributed by atoms with Crippen molar-refractivity contribution in [3.8, 4) is 0 Å². The third-order valence-corrected chi connectivity index (χ3v) is 4.93. The minimum Gasteiger partial charge on any atom is -0.339 e. The second-order valence-corrected chi connectivity index (χ2v) is 6.67. The number of amides is 2. The molecule has 1 fully saturated rings. The minimum absolute atomic E-state index is 0.0416. The molecular formula is C22H26N2O2. The van der Waals surface area contributed by atoms with Crippen LogP contribution in [-0.4, -0.2) is 36.3 Å². The number of hydrogen-bond acceptors (Lipinski definition) is 2. The quantitative estimate of drug-likeness (QED) is 0.792. The lowest BCUT2D eigenvalue weighted by Gasteiger charge is -2.27. The van der Waals surface area contributed by atoms with E-state index in [2.05, 4.69) is 12.1 Å². The maximum atomic E-state index is 12.8. The normalized spacial score (nSPS) is 14.3. The third kappa shape index (κ3) is 4.31. The highest BCUT2D eigenvalue weighted by Crippen LogP contribution is 2.21. The molecule has 0 spiro atoms. The van der Waals surface area contributed by atoms with Crippen molar-refractivity contribution in [2.75, 3.05) is 24.5 Å². The van der Waals surface area contributed by atoms with Gasteiger partial charge in [0.1, 0.15) is 0 Å². The number of benzene rings is 2. The van der Waals surface area contributed by atoms with Crippen molar-refractivity contribution in [3.63, 3.8) is 0 Å². The van der Waals surface area contributed by atoms with Gasteiger partial charge in [0.15, 0.2) is 0 Å². The molecule has 1 heterocycles. The van der Waals surface area contributed by atoms with Crippen LogP contribution in [0, 0.1) is 0 Å². The first-order valence-corrected chi connectivity index (χ1v) is 9.42. The molecule has 0 aliphatic carbocycles. The van der Waals surface area contributed by atoms with Crippen molar-refractivity contribution in [1.82, 2.24) is 4.90 Å². The van der Waals surface area contributed by atoms with Crippen LogP contribution in [0.2, 0.25) is 0 Å². The van der Waals surface area contributed by atoms with E-state index in [-0.39, 0.29) is 11.8 Å². The van der Waals surface area contributed by atoms with E-state index >= 15 is 0 Å². The first kappa shape index (κ1) is 18.2. The first-order valence-electron chi connectivity index (χ1n) is 9.42. The van der Waals surface area contributed by atoms with Gasteiger partial charge in [0.2, 0.25) is 5.91 Å². The molecule has 4 heteroatoms. The van der Waals surface area contributed by atoms with Gasteiger partial charge < -0.3 is 9.80 Å². The number of carbonyl (C=O) groups is 2. The van der Waals surface area contributed by atoms with Crippen LogP contribution in [0.15, 0.2) is 54.6 Å². The number of rotatable bonds is 6. The fourth-order valence-corrected chi connectivity index (χ4v) is 3.36. The summed E-state index contributed by atoms with van der Waals surface area (Å²) >= 11 is 0. The smallest absolute Gasteiger partial charge is 0.253 e. The van der Waals surface area contributed by atoms with Crippen LogP contribution in [0.1, 0.15) is 42.1 Å². The molecule has 0 bridgehead atoms. The van der Waals surface area contributed by atoms with Crippen molar-refractivity contribution in [1.29, 1.82) is 0 Å². The second kappa shape index (κ2) is 8.65. The Morgan fingerprint density at radius 3 is 2.42 bits per heavy atom. The van der Waals surface area contributed by atoms with Gasteiger partial charge in [-0.1, -0.05) is 30.3 Å². The van der Waals surface area contributed by atoms with Gasteiger partial charge in [0, 0.05) is 37.3 Å². The maximum absolute atomic E-state index is 12.8. The van der Waals surface area contributed by atoms with Gasteiger partial charge in [-0.2, -0.15) is 0 Å². The monoisotopic (exact) mass is 350 g/mol. The summed E-state index contributed by atoms with van der Waals surface area (Å²) in [7, 11) is 0. The van der Waals surface area contributed by atoms with Crippen molar-refractivity contribution < 1.29 is 9.59 Å². The third-order valence-electron chi connectivity index (χ3n) is 4.93. The van der Waals surface area contributed by atoms with E-state index in [1.165, 1.54) is 5.56 Å². The fourth-order valence-electron chi connectivity index (χ4n) is 3.36. The number of piperidine rings is 1. The molecule has 0 saturated carbocycles. The van der Waals surface area contributed by atoms with Gasteiger partial charge in [-0.3, -0.25) is 9.59 Å². The highest BCUT2D eigenvalue weighted by Gasteiger charge is 2.20. The molecule has 26 heavy (non-hydrogen) atoms. The van der Waals surface area contributed by atoms with Crippen molar-refractivity contribution in [2.45, 2.75) is 32.6 Å².